The second kappa shape index (κ2) is 10.5. The molecule has 3 aromatic carbocycles. The van der Waals surface area contributed by atoms with Gasteiger partial charge < -0.3 is 10.1 Å². The number of aromatic nitrogens is 3. The van der Waals surface area contributed by atoms with Gasteiger partial charge in [-0.25, -0.2) is 18.4 Å². The zero-order chi connectivity index (χ0) is 26.9. The van der Waals surface area contributed by atoms with E-state index in [0.29, 0.717) is 22.5 Å². The Morgan fingerprint density at radius 2 is 1.74 bits per heavy atom. The van der Waals surface area contributed by atoms with Gasteiger partial charge in [0.25, 0.3) is 0 Å². The molecule has 0 fully saturated rings. The second-order valence-corrected chi connectivity index (χ2v) is 10.6. The monoisotopic (exact) mass is 516 g/mol. The smallest absolute Gasteiger partial charge is 0.313 e. The highest BCUT2D eigenvalue weighted by Gasteiger charge is 2.24. The van der Waals surface area contributed by atoms with E-state index in [2.05, 4.69) is 27.5 Å². The van der Waals surface area contributed by atoms with Crippen LogP contribution in [0.5, 0.6) is 0 Å². The number of carbonyl (C=O) groups excluding carboxylic acids is 1. The lowest BCUT2D eigenvalue weighted by Crippen LogP contribution is -2.29. The summed E-state index contributed by atoms with van der Waals surface area (Å²) >= 11 is 0. The molecule has 38 heavy (non-hydrogen) atoms. The number of hydrogen-bond acceptors (Lipinski definition) is 5. The summed E-state index contributed by atoms with van der Waals surface area (Å²) in [5.41, 5.74) is 3.51. The number of esters is 1. The average Bonchev–Trinajstić information content (AvgIpc) is 3.53. The molecule has 1 aliphatic carbocycles. The predicted octanol–water partition coefficient (Wildman–Crippen LogP) is 5.69. The number of nitrogens with one attached hydrogen (secondary N) is 1. The van der Waals surface area contributed by atoms with Crippen molar-refractivity contribution < 1.29 is 18.3 Å². The van der Waals surface area contributed by atoms with Crippen molar-refractivity contribution in [2.45, 2.75) is 52.9 Å². The average molecular weight is 517 g/mol. The summed E-state index contributed by atoms with van der Waals surface area (Å²) in [6.07, 6.45) is 3.16. The highest BCUT2D eigenvalue weighted by Crippen LogP contribution is 2.30. The van der Waals surface area contributed by atoms with Gasteiger partial charge in [0, 0.05) is 29.3 Å². The molecule has 0 amide bonds. The fourth-order valence-electron chi connectivity index (χ4n) is 4.59. The molecule has 0 spiro atoms. The minimum absolute atomic E-state index is 0.0203. The lowest BCUT2D eigenvalue weighted by atomic mass is 9.98. The van der Waals surface area contributed by atoms with E-state index in [9.17, 15) is 9.18 Å². The molecular formula is C30H30F2N4O2. The van der Waals surface area contributed by atoms with Crippen LogP contribution in [0, 0.1) is 17.0 Å². The molecule has 0 radical (unpaired) electrons. The lowest BCUT2D eigenvalue weighted by Gasteiger charge is -2.16. The van der Waals surface area contributed by atoms with Crippen LogP contribution in [-0.4, -0.2) is 26.8 Å². The van der Waals surface area contributed by atoms with Crippen molar-refractivity contribution in [2.24, 2.45) is 5.41 Å². The number of ether oxygens (including phenoxy) is 1. The Morgan fingerprint density at radius 3 is 2.45 bits per heavy atom. The summed E-state index contributed by atoms with van der Waals surface area (Å²) in [5, 5.41) is 7.71. The summed E-state index contributed by atoms with van der Waals surface area (Å²) < 4.78 is 37.0. The summed E-state index contributed by atoms with van der Waals surface area (Å²) in [6, 6.07) is 18.3. The van der Waals surface area contributed by atoms with E-state index in [0.717, 1.165) is 12.8 Å². The van der Waals surface area contributed by atoms with Crippen molar-refractivity contribution in [3.05, 3.63) is 95.3 Å². The molecule has 1 aliphatic rings. The Labute approximate surface area is 220 Å². The van der Waals surface area contributed by atoms with Gasteiger partial charge in [-0.15, -0.1) is 5.10 Å². The number of hydrogen-bond donors (Lipinski definition) is 1. The SMILES string of the molecule is CC(C)(C)C(=O)OCn1cnc(-c2cccc(-c3ccc(F)c(CNC4Cc5ccccc5C4)c3F)c2)n1. The molecule has 1 aromatic heterocycles. The number of benzene rings is 3. The maximum absolute atomic E-state index is 15.6. The molecule has 0 saturated heterocycles. The number of nitrogens with zero attached hydrogens (tertiary/aromatic N) is 3. The van der Waals surface area contributed by atoms with Crippen molar-refractivity contribution >= 4 is 5.97 Å². The number of fused-ring (bicyclic) bond motifs is 1. The molecule has 6 nitrogen and oxygen atoms in total. The fraction of sp³-hybridized carbons (Fsp3) is 0.300. The molecule has 0 aliphatic heterocycles. The molecule has 0 atom stereocenters. The second-order valence-electron chi connectivity index (χ2n) is 10.6. The van der Waals surface area contributed by atoms with Crippen LogP contribution in [0.3, 0.4) is 0 Å². The third kappa shape index (κ3) is 5.50. The maximum atomic E-state index is 15.6. The molecule has 8 heteroatoms. The summed E-state index contributed by atoms with van der Waals surface area (Å²) in [4.78, 5) is 16.3. The van der Waals surface area contributed by atoms with Gasteiger partial charge in [0.05, 0.1) is 5.41 Å². The van der Waals surface area contributed by atoms with E-state index >= 15 is 4.39 Å². The third-order valence-electron chi connectivity index (χ3n) is 6.71. The Bertz CT molecular complexity index is 1450. The Morgan fingerprint density at radius 1 is 1.03 bits per heavy atom. The normalized spacial score (nSPS) is 13.5. The van der Waals surface area contributed by atoms with Gasteiger partial charge in [0.2, 0.25) is 0 Å². The van der Waals surface area contributed by atoms with Crippen LogP contribution in [-0.2, 0) is 35.6 Å². The molecule has 1 heterocycles. The van der Waals surface area contributed by atoms with Gasteiger partial charge in [-0.2, -0.15) is 0 Å². The van der Waals surface area contributed by atoms with Gasteiger partial charge in [0.15, 0.2) is 12.6 Å². The van der Waals surface area contributed by atoms with Crippen LogP contribution < -0.4 is 5.32 Å². The Kier molecular flexibility index (Phi) is 7.08. The van der Waals surface area contributed by atoms with Crippen molar-refractivity contribution in [1.82, 2.24) is 20.1 Å². The maximum Gasteiger partial charge on any atom is 0.313 e. The van der Waals surface area contributed by atoms with Crippen molar-refractivity contribution in [3.8, 4) is 22.5 Å². The summed E-state index contributed by atoms with van der Waals surface area (Å²) in [6.45, 7) is 5.37. The molecule has 0 saturated carbocycles. The van der Waals surface area contributed by atoms with Crippen molar-refractivity contribution in [1.29, 1.82) is 0 Å². The van der Waals surface area contributed by atoms with E-state index in [1.807, 2.05) is 18.2 Å². The molecule has 1 N–H and O–H groups in total. The van der Waals surface area contributed by atoms with Gasteiger partial charge >= 0.3 is 5.97 Å². The zero-order valence-electron chi connectivity index (χ0n) is 21.7. The molecule has 5 rings (SSSR count). The largest absolute Gasteiger partial charge is 0.442 e. The lowest BCUT2D eigenvalue weighted by molar-refractivity contribution is -0.157. The van der Waals surface area contributed by atoms with Gasteiger partial charge in [0.1, 0.15) is 18.0 Å². The van der Waals surface area contributed by atoms with E-state index < -0.39 is 17.0 Å². The van der Waals surface area contributed by atoms with Crippen LogP contribution in [0.4, 0.5) is 8.78 Å². The molecule has 196 valence electrons. The van der Waals surface area contributed by atoms with Crippen LogP contribution in [0.25, 0.3) is 22.5 Å². The van der Waals surface area contributed by atoms with E-state index in [-0.39, 0.29) is 30.9 Å². The zero-order valence-corrected chi connectivity index (χ0v) is 21.7. The summed E-state index contributed by atoms with van der Waals surface area (Å²) in [7, 11) is 0. The highest BCUT2D eigenvalue weighted by atomic mass is 19.1. The quantitative estimate of drug-likeness (QED) is 0.320. The standard InChI is InChI=1S/C30H30F2N4O2/c1-30(2,3)29(37)38-18-36-17-34-28(35-36)22-10-6-9-21(13-22)24-11-12-26(31)25(27(24)32)16-33-23-14-19-7-4-5-8-20(19)15-23/h4-13,17,23,33H,14-16,18H2,1-3H3. The Hall–Kier alpha value is -3.91. The fourth-order valence-corrected chi connectivity index (χ4v) is 4.59. The van der Waals surface area contributed by atoms with Crippen molar-refractivity contribution in [3.63, 3.8) is 0 Å². The number of halogens is 2. The molecule has 4 aromatic rings. The van der Waals surface area contributed by atoms with E-state index in [1.165, 1.54) is 34.3 Å². The van der Waals surface area contributed by atoms with Crippen molar-refractivity contribution in [2.75, 3.05) is 0 Å². The predicted molar refractivity (Wildman–Crippen MR) is 141 cm³/mol. The highest BCUT2D eigenvalue weighted by molar-refractivity contribution is 5.75. The van der Waals surface area contributed by atoms with Crippen LogP contribution in [0.1, 0.15) is 37.5 Å². The number of rotatable bonds is 7. The van der Waals surface area contributed by atoms with E-state index in [4.69, 9.17) is 4.74 Å². The Balaban J connectivity index is 1.31. The topological polar surface area (TPSA) is 69.0 Å². The molecular weight excluding hydrogens is 486 g/mol. The molecule has 0 unspecified atom stereocenters. The van der Waals surface area contributed by atoms with Gasteiger partial charge in [-0.3, -0.25) is 4.79 Å². The van der Waals surface area contributed by atoms with Crippen LogP contribution in [0.15, 0.2) is 67.0 Å². The minimum atomic E-state index is -0.618. The molecule has 0 bridgehead atoms. The first-order valence-electron chi connectivity index (χ1n) is 12.6. The third-order valence-corrected chi connectivity index (χ3v) is 6.71. The van der Waals surface area contributed by atoms with Gasteiger partial charge in [-0.1, -0.05) is 42.5 Å². The minimum Gasteiger partial charge on any atom is -0.442 e. The number of carbonyl (C=O) groups is 1. The van der Waals surface area contributed by atoms with Crippen LogP contribution in [0.2, 0.25) is 0 Å². The first kappa shape index (κ1) is 25.7. The first-order chi connectivity index (χ1) is 18.2. The first-order valence-corrected chi connectivity index (χ1v) is 12.6. The van der Waals surface area contributed by atoms with E-state index in [1.54, 1.807) is 39.0 Å². The van der Waals surface area contributed by atoms with Crippen LogP contribution >= 0.6 is 0 Å². The summed E-state index contributed by atoms with van der Waals surface area (Å²) in [5.74, 6) is -1.09. The van der Waals surface area contributed by atoms with Gasteiger partial charge in [-0.05, 0) is 68.5 Å².